The van der Waals surface area contributed by atoms with Gasteiger partial charge in [0.2, 0.25) is 0 Å². The van der Waals surface area contributed by atoms with Gasteiger partial charge in [0.1, 0.15) is 0 Å². The summed E-state index contributed by atoms with van der Waals surface area (Å²) < 4.78 is 0. The first-order chi connectivity index (χ1) is 7.48. The van der Waals surface area contributed by atoms with Crippen molar-refractivity contribution < 1.29 is 0 Å². The summed E-state index contributed by atoms with van der Waals surface area (Å²) in [5.74, 6) is 1.65. The van der Waals surface area contributed by atoms with E-state index in [4.69, 9.17) is 0 Å². The molecule has 0 amide bonds. The zero-order valence-electron chi connectivity index (χ0n) is 10.7. The Hall–Kier alpha value is -1.11. The van der Waals surface area contributed by atoms with Crippen LogP contribution in [0.3, 0.4) is 0 Å². The maximum atomic E-state index is 4.57. The van der Waals surface area contributed by atoms with Gasteiger partial charge in [0.25, 0.3) is 0 Å². The van der Waals surface area contributed by atoms with Crippen molar-refractivity contribution in [1.82, 2.24) is 0 Å². The Labute approximate surface area is 98.7 Å². The van der Waals surface area contributed by atoms with Gasteiger partial charge in [-0.3, -0.25) is 4.99 Å². The lowest BCUT2D eigenvalue weighted by Crippen LogP contribution is -1.98. The van der Waals surface area contributed by atoms with Gasteiger partial charge in [-0.25, -0.2) is 0 Å². The minimum Gasteiger partial charge on any atom is -0.261 e. The summed E-state index contributed by atoms with van der Waals surface area (Å²) in [6.45, 7) is 12.7. The molecule has 0 heterocycles. The molecule has 2 aliphatic carbocycles. The number of hydrogen-bond acceptors (Lipinski definition) is 1. The van der Waals surface area contributed by atoms with Crippen molar-refractivity contribution in [2.24, 2.45) is 22.2 Å². The van der Waals surface area contributed by atoms with Crippen LogP contribution in [-0.4, -0.2) is 6.21 Å². The van der Waals surface area contributed by atoms with Crippen molar-refractivity contribution in [3.05, 3.63) is 35.6 Å². The Morgan fingerprint density at radius 3 is 2.69 bits per heavy atom. The van der Waals surface area contributed by atoms with E-state index in [2.05, 4.69) is 32.3 Å². The average Bonchev–Trinajstić information content (AvgIpc) is 2.58. The van der Waals surface area contributed by atoms with E-state index in [1.54, 1.807) is 0 Å². The summed E-state index contributed by atoms with van der Waals surface area (Å²) in [6.07, 6.45) is 6.94. The molecule has 86 valence electrons. The van der Waals surface area contributed by atoms with E-state index in [1.807, 2.05) is 25.3 Å². The highest BCUT2D eigenvalue weighted by molar-refractivity contribution is 5.74. The van der Waals surface area contributed by atoms with Gasteiger partial charge in [0.05, 0.1) is 0 Å². The number of aliphatic imine (C=N–C) groups is 1. The second kappa shape index (κ2) is 3.73. The van der Waals surface area contributed by atoms with Crippen molar-refractivity contribution >= 4 is 6.21 Å². The lowest BCUT2D eigenvalue weighted by Gasteiger charge is -2.09. The Bertz CT molecular complexity index is 407. The minimum atomic E-state index is 0.538. The van der Waals surface area contributed by atoms with Gasteiger partial charge in [-0.15, -0.1) is 0 Å². The molecule has 0 aromatic heterocycles. The van der Waals surface area contributed by atoms with Crippen LogP contribution in [0.5, 0.6) is 0 Å². The summed E-state index contributed by atoms with van der Waals surface area (Å²) >= 11 is 0. The highest BCUT2D eigenvalue weighted by Gasteiger charge is 2.61. The topological polar surface area (TPSA) is 12.4 Å². The molecule has 2 rings (SSSR count). The van der Waals surface area contributed by atoms with Crippen LogP contribution in [0.2, 0.25) is 0 Å². The van der Waals surface area contributed by atoms with Crippen LogP contribution in [0.4, 0.5) is 0 Å². The first kappa shape index (κ1) is 11.4. The molecule has 1 nitrogen and oxygen atoms in total. The fourth-order valence-corrected chi connectivity index (χ4v) is 3.00. The lowest BCUT2D eigenvalue weighted by molar-refractivity contribution is 0.529. The number of fused-ring (bicyclic) bond motifs is 1. The van der Waals surface area contributed by atoms with Gasteiger partial charge in [-0.05, 0) is 49.2 Å². The molecule has 0 spiro atoms. The number of nitrogens with zero attached hydrogens (tertiary/aromatic N) is 1. The fourth-order valence-electron chi connectivity index (χ4n) is 3.00. The zero-order chi connectivity index (χ0) is 11.9. The van der Waals surface area contributed by atoms with Crippen molar-refractivity contribution in [1.29, 1.82) is 0 Å². The number of hydrogen-bond donors (Lipinski definition) is 0. The van der Waals surface area contributed by atoms with Crippen LogP contribution in [-0.2, 0) is 0 Å². The second-order valence-electron chi connectivity index (χ2n) is 5.63. The van der Waals surface area contributed by atoms with Crippen LogP contribution in [0.1, 0.15) is 34.1 Å². The Morgan fingerprint density at radius 1 is 1.50 bits per heavy atom. The van der Waals surface area contributed by atoms with Crippen molar-refractivity contribution in [2.45, 2.75) is 34.1 Å². The van der Waals surface area contributed by atoms with Gasteiger partial charge in [-0.2, -0.15) is 0 Å². The Balaban J connectivity index is 2.06. The van der Waals surface area contributed by atoms with E-state index < -0.39 is 0 Å². The molecule has 1 heteroatoms. The fraction of sp³-hybridized carbons (Fsp3) is 0.533. The van der Waals surface area contributed by atoms with E-state index in [1.165, 1.54) is 17.7 Å². The molecule has 0 radical (unpaired) electrons. The standard InChI is InChI=1S/C15H21N/c1-6-10(2)7-8-16-13-9-12-14(11(13)3)15(12,4)5/h6-8,12,14H,1,9H2,2-5H3. The van der Waals surface area contributed by atoms with Gasteiger partial charge >= 0.3 is 0 Å². The monoisotopic (exact) mass is 215 g/mol. The molecule has 0 bridgehead atoms. The maximum Gasteiger partial charge on any atom is 0.0399 e. The summed E-state index contributed by atoms with van der Waals surface area (Å²) in [5.41, 5.74) is 4.51. The van der Waals surface area contributed by atoms with Gasteiger partial charge in [0, 0.05) is 11.9 Å². The molecule has 2 aliphatic rings. The van der Waals surface area contributed by atoms with Gasteiger partial charge in [0.15, 0.2) is 0 Å². The Morgan fingerprint density at radius 2 is 2.19 bits per heavy atom. The van der Waals surface area contributed by atoms with Crippen LogP contribution in [0, 0.1) is 17.3 Å². The van der Waals surface area contributed by atoms with Crippen LogP contribution < -0.4 is 0 Å². The SMILES string of the molecule is C=CC(C)=CC=NC1=C(C)C2C(C1)C2(C)C. The average molecular weight is 215 g/mol. The second-order valence-corrected chi connectivity index (χ2v) is 5.63. The predicted molar refractivity (Wildman–Crippen MR) is 70.5 cm³/mol. The normalized spacial score (nSPS) is 32.1. The molecular weight excluding hydrogens is 194 g/mol. The van der Waals surface area contributed by atoms with Gasteiger partial charge in [-0.1, -0.05) is 32.1 Å². The molecule has 0 saturated heterocycles. The van der Waals surface area contributed by atoms with Crippen molar-refractivity contribution in [3.8, 4) is 0 Å². The third kappa shape index (κ3) is 1.68. The molecule has 0 aliphatic heterocycles. The van der Waals surface area contributed by atoms with Crippen molar-refractivity contribution in [3.63, 3.8) is 0 Å². The van der Waals surface area contributed by atoms with Gasteiger partial charge < -0.3 is 0 Å². The molecular formula is C15H21N. The van der Waals surface area contributed by atoms with E-state index in [0.717, 1.165) is 17.4 Å². The molecule has 1 fully saturated rings. The minimum absolute atomic E-state index is 0.538. The zero-order valence-corrected chi connectivity index (χ0v) is 10.7. The lowest BCUT2D eigenvalue weighted by atomic mass is 9.99. The third-order valence-electron chi connectivity index (χ3n) is 4.28. The smallest absolute Gasteiger partial charge is 0.0399 e. The first-order valence-electron chi connectivity index (χ1n) is 6.01. The van der Waals surface area contributed by atoms with E-state index in [-0.39, 0.29) is 0 Å². The summed E-state index contributed by atoms with van der Waals surface area (Å²) in [7, 11) is 0. The summed E-state index contributed by atoms with van der Waals surface area (Å²) in [4.78, 5) is 4.57. The molecule has 0 N–H and O–H groups in total. The number of allylic oxidation sites excluding steroid dienone is 5. The maximum absolute atomic E-state index is 4.57. The molecule has 2 atom stereocenters. The summed E-state index contributed by atoms with van der Waals surface area (Å²) in [6, 6.07) is 0. The molecule has 0 aromatic carbocycles. The van der Waals surface area contributed by atoms with Crippen LogP contribution in [0.25, 0.3) is 0 Å². The van der Waals surface area contributed by atoms with Crippen LogP contribution in [0.15, 0.2) is 40.6 Å². The largest absolute Gasteiger partial charge is 0.261 e. The molecule has 2 unspecified atom stereocenters. The quantitative estimate of drug-likeness (QED) is 0.495. The highest BCUT2D eigenvalue weighted by Crippen LogP contribution is 2.68. The van der Waals surface area contributed by atoms with E-state index >= 15 is 0 Å². The Kier molecular flexibility index (Phi) is 2.65. The predicted octanol–water partition coefficient (Wildman–Crippen LogP) is 4.14. The van der Waals surface area contributed by atoms with Crippen LogP contribution >= 0.6 is 0 Å². The van der Waals surface area contributed by atoms with E-state index in [0.29, 0.717) is 5.41 Å². The number of rotatable bonds is 3. The first-order valence-corrected chi connectivity index (χ1v) is 6.01. The highest BCUT2D eigenvalue weighted by atomic mass is 14.8. The van der Waals surface area contributed by atoms with E-state index in [9.17, 15) is 0 Å². The third-order valence-corrected chi connectivity index (χ3v) is 4.28. The molecule has 16 heavy (non-hydrogen) atoms. The molecule has 0 aromatic rings. The summed E-state index contributed by atoms with van der Waals surface area (Å²) in [5, 5.41) is 0. The van der Waals surface area contributed by atoms with Crippen molar-refractivity contribution in [2.75, 3.05) is 0 Å². The molecule has 1 saturated carbocycles.